The lowest BCUT2D eigenvalue weighted by Gasteiger charge is -2.05. The minimum atomic E-state index is -0.927. The Balaban J connectivity index is 3.30. The third-order valence-electron chi connectivity index (χ3n) is 1.04. The van der Waals surface area contributed by atoms with Crippen molar-refractivity contribution in [2.24, 2.45) is 0 Å². The van der Waals surface area contributed by atoms with E-state index in [1.54, 1.807) is 6.08 Å². The molecule has 0 rings (SSSR count). The van der Waals surface area contributed by atoms with Crippen molar-refractivity contribution in [3.63, 3.8) is 0 Å². The number of rotatable bonds is 5. The van der Waals surface area contributed by atoms with Crippen molar-refractivity contribution in [1.29, 1.82) is 0 Å². The Hall–Kier alpha value is -0.830. The Morgan fingerprint density at radius 3 is 2.90 bits per heavy atom. The van der Waals surface area contributed by atoms with Gasteiger partial charge >= 0.3 is 5.97 Å². The maximum Gasteiger partial charge on any atom is 0.332 e. The predicted molar refractivity (Wildman–Crippen MR) is 37.9 cm³/mol. The molecule has 3 heteroatoms. The van der Waals surface area contributed by atoms with Crippen LogP contribution in [0.5, 0.6) is 0 Å². The fraction of sp³-hybridized carbons (Fsp3) is 0.571. The van der Waals surface area contributed by atoms with Crippen LogP contribution in [-0.4, -0.2) is 23.8 Å². The summed E-state index contributed by atoms with van der Waals surface area (Å²) in [5, 5.41) is 8.33. The van der Waals surface area contributed by atoms with Gasteiger partial charge in [0.2, 0.25) is 0 Å². The molecule has 0 radical (unpaired) electrons. The average Bonchev–Trinajstić information content (AvgIpc) is 1.88. The van der Waals surface area contributed by atoms with Gasteiger partial charge in [0.15, 0.2) is 6.10 Å². The minimum Gasteiger partial charge on any atom is -0.479 e. The second-order valence-electron chi connectivity index (χ2n) is 1.93. The lowest BCUT2D eigenvalue weighted by atomic mass is 10.4. The fourth-order valence-electron chi connectivity index (χ4n) is 0.399. The van der Waals surface area contributed by atoms with Gasteiger partial charge in [-0.15, -0.1) is 6.58 Å². The number of aliphatic carboxylic acids is 1. The van der Waals surface area contributed by atoms with Crippen LogP contribution in [0.25, 0.3) is 0 Å². The van der Waals surface area contributed by atoms with E-state index in [4.69, 9.17) is 9.84 Å². The van der Waals surface area contributed by atoms with E-state index >= 15 is 0 Å². The molecule has 0 heterocycles. The third kappa shape index (κ3) is 4.09. The Morgan fingerprint density at radius 2 is 2.50 bits per heavy atom. The van der Waals surface area contributed by atoms with E-state index in [0.29, 0.717) is 13.0 Å². The minimum absolute atomic E-state index is 0.428. The zero-order valence-electron chi connectivity index (χ0n) is 6.04. The second kappa shape index (κ2) is 4.99. The maximum absolute atomic E-state index is 10.1. The van der Waals surface area contributed by atoms with Crippen LogP contribution in [0.3, 0.4) is 0 Å². The zero-order valence-corrected chi connectivity index (χ0v) is 6.04. The molecular formula is C7H12O3. The van der Waals surface area contributed by atoms with Crippen LogP contribution in [0.4, 0.5) is 0 Å². The van der Waals surface area contributed by atoms with Gasteiger partial charge in [0, 0.05) is 0 Å². The summed E-state index contributed by atoms with van der Waals surface area (Å²) in [7, 11) is 0. The molecule has 3 nitrogen and oxygen atoms in total. The van der Waals surface area contributed by atoms with E-state index in [0.717, 1.165) is 0 Å². The van der Waals surface area contributed by atoms with Crippen LogP contribution in [0.1, 0.15) is 13.3 Å². The first-order valence-electron chi connectivity index (χ1n) is 3.13. The molecule has 10 heavy (non-hydrogen) atoms. The Morgan fingerprint density at radius 1 is 1.90 bits per heavy atom. The van der Waals surface area contributed by atoms with Gasteiger partial charge in [-0.2, -0.15) is 0 Å². The van der Waals surface area contributed by atoms with Gasteiger partial charge in [0.1, 0.15) is 0 Å². The smallest absolute Gasteiger partial charge is 0.332 e. The standard InChI is InChI=1S/C7H12O3/c1-3-4-5-10-6(2)7(8)9/h3,6H,1,4-5H2,2H3,(H,8,9)/t6-/m0/s1. The average molecular weight is 144 g/mol. The van der Waals surface area contributed by atoms with Crippen LogP contribution in [0.15, 0.2) is 12.7 Å². The molecule has 0 aromatic carbocycles. The van der Waals surface area contributed by atoms with Crippen molar-refractivity contribution in [3.05, 3.63) is 12.7 Å². The molecule has 0 aromatic rings. The summed E-state index contributed by atoms with van der Waals surface area (Å²) in [6.07, 6.45) is 1.67. The van der Waals surface area contributed by atoms with Gasteiger partial charge in [-0.1, -0.05) is 6.08 Å². The van der Waals surface area contributed by atoms with Crippen LogP contribution in [-0.2, 0) is 9.53 Å². The molecule has 0 fully saturated rings. The van der Waals surface area contributed by atoms with Crippen molar-refractivity contribution in [2.45, 2.75) is 19.4 Å². The van der Waals surface area contributed by atoms with Gasteiger partial charge < -0.3 is 9.84 Å². The van der Waals surface area contributed by atoms with Crippen molar-refractivity contribution < 1.29 is 14.6 Å². The molecule has 0 aliphatic rings. The molecule has 1 atom stereocenters. The highest BCUT2D eigenvalue weighted by molar-refractivity contribution is 5.71. The highest BCUT2D eigenvalue weighted by Crippen LogP contribution is 1.92. The van der Waals surface area contributed by atoms with Crippen molar-refractivity contribution >= 4 is 5.97 Å². The van der Waals surface area contributed by atoms with Crippen molar-refractivity contribution in [1.82, 2.24) is 0 Å². The Kier molecular flexibility index (Phi) is 4.58. The van der Waals surface area contributed by atoms with E-state index < -0.39 is 12.1 Å². The number of carboxylic acid groups (broad SMARTS) is 1. The lowest BCUT2D eigenvalue weighted by molar-refractivity contribution is -0.149. The molecule has 1 N–H and O–H groups in total. The summed E-state index contributed by atoms with van der Waals surface area (Å²) < 4.78 is 4.87. The lowest BCUT2D eigenvalue weighted by Crippen LogP contribution is -2.20. The molecule has 0 spiro atoms. The van der Waals surface area contributed by atoms with Crippen LogP contribution in [0, 0.1) is 0 Å². The summed E-state index contributed by atoms with van der Waals surface area (Å²) in [6, 6.07) is 0. The number of carbonyl (C=O) groups is 1. The predicted octanol–water partition coefficient (Wildman–Crippen LogP) is 1.05. The van der Waals surface area contributed by atoms with E-state index in [1.807, 2.05) is 0 Å². The molecule has 0 amide bonds. The molecule has 0 saturated heterocycles. The molecule has 0 saturated carbocycles. The zero-order chi connectivity index (χ0) is 7.98. The molecule has 0 bridgehead atoms. The van der Waals surface area contributed by atoms with E-state index in [1.165, 1.54) is 6.92 Å². The Bertz CT molecular complexity index is 120. The van der Waals surface area contributed by atoms with Crippen LogP contribution >= 0.6 is 0 Å². The summed E-state index contributed by atoms with van der Waals surface area (Å²) in [5.41, 5.74) is 0. The van der Waals surface area contributed by atoms with Crippen molar-refractivity contribution in [3.8, 4) is 0 Å². The number of hydrogen-bond acceptors (Lipinski definition) is 2. The first-order chi connectivity index (χ1) is 4.68. The van der Waals surface area contributed by atoms with E-state index in [9.17, 15) is 4.79 Å². The van der Waals surface area contributed by atoms with Crippen molar-refractivity contribution in [2.75, 3.05) is 6.61 Å². The van der Waals surface area contributed by atoms with E-state index in [-0.39, 0.29) is 0 Å². The van der Waals surface area contributed by atoms with Gasteiger partial charge in [-0.25, -0.2) is 4.79 Å². The van der Waals surface area contributed by atoms with Crippen LogP contribution < -0.4 is 0 Å². The van der Waals surface area contributed by atoms with Gasteiger partial charge in [0.25, 0.3) is 0 Å². The highest BCUT2D eigenvalue weighted by atomic mass is 16.5. The number of hydrogen-bond donors (Lipinski definition) is 1. The third-order valence-corrected chi connectivity index (χ3v) is 1.04. The number of carboxylic acids is 1. The largest absolute Gasteiger partial charge is 0.479 e. The molecule has 0 aromatic heterocycles. The topological polar surface area (TPSA) is 46.5 Å². The number of ether oxygens (including phenoxy) is 1. The highest BCUT2D eigenvalue weighted by Gasteiger charge is 2.08. The molecule has 0 aliphatic heterocycles. The second-order valence-corrected chi connectivity index (χ2v) is 1.93. The van der Waals surface area contributed by atoms with Gasteiger partial charge in [0.05, 0.1) is 6.61 Å². The summed E-state index contributed by atoms with van der Waals surface area (Å²) >= 11 is 0. The van der Waals surface area contributed by atoms with Crippen LogP contribution in [0.2, 0.25) is 0 Å². The van der Waals surface area contributed by atoms with Gasteiger partial charge in [-0.3, -0.25) is 0 Å². The van der Waals surface area contributed by atoms with Gasteiger partial charge in [-0.05, 0) is 13.3 Å². The molecule has 58 valence electrons. The first-order valence-corrected chi connectivity index (χ1v) is 3.13. The molecule has 0 aliphatic carbocycles. The monoisotopic (exact) mass is 144 g/mol. The SMILES string of the molecule is C=CCCO[C@@H](C)C(=O)O. The normalized spacial score (nSPS) is 12.5. The molecule has 0 unspecified atom stereocenters. The summed E-state index contributed by atoms with van der Waals surface area (Å²) in [6.45, 7) is 5.41. The fourth-order valence-corrected chi connectivity index (χ4v) is 0.399. The summed E-state index contributed by atoms with van der Waals surface area (Å²) in [4.78, 5) is 10.1. The Labute approximate surface area is 60.3 Å². The quantitative estimate of drug-likeness (QED) is 0.463. The summed E-state index contributed by atoms with van der Waals surface area (Å²) in [5.74, 6) is -0.927. The van der Waals surface area contributed by atoms with E-state index in [2.05, 4.69) is 6.58 Å². The molecular weight excluding hydrogens is 132 g/mol. The first kappa shape index (κ1) is 9.17. The maximum atomic E-state index is 10.1.